The van der Waals surface area contributed by atoms with Gasteiger partial charge in [0, 0.05) is 28.7 Å². The third-order valence-corrected chi connectivity index (χ3v) is 8.51. The number of hydrogen-bond acceptors (Lipinski definition) is 9. The van der Waals surface area contributed by atoms with Crippen LogP contribution < -0.4 is 16.2 Å². The number of H-pyrrole nitrogens is 1. The molecule has 4 aromatic heterocycles. The number of nitrogens with one attached hydrogen (secondary N) is 1. The highest BCUT2D eigenvalue weighted by molar-refractivity contribution is 7.90. The van der Waals surface area contributed by atoms with Crippen molar-refractivity contribution >= 4 is 49.5 Å². The Morgan fingerprint density at radius 3 is 2.66 bits per heavy atom. The van der Waals surface area contributed by atoms with Gasteiger partial charge in [0.2, 0.25) is 0 Å². The van der Waals surface area contributed by atoms with E-state index in [1.807, 2.05) is 30.5 Å². The van der Waals surface area contributed by atoms with Crippen molar-refractivity contribution in [3.63, 3.8) is 0 Å². The first-order valence-corrected chi connectivity index (χ1v) is 14.5. The fraction of sp³-hybridized carbons (Fsp3) is 0.143. The predicted molar refractivity (Wildman–Crippen MR) is 157 cm³/mol. The van der Waals surface area contributed by atoms with Crippen LogP contribution in [0.3, 0.4) is 0 Å². The average Bonchev–Trinajstić information content (AvgIpc) is 3.54. The van der Waals surface area contributed by atoms with E-state index in [0.717, 1.165) is 20.6 Å². The van der Waals surface area contributed by atoms with Crippen molar-refractivity contribution in [2.45, 2.75) is 24.3 Å². The van der Waals surface area contributed by atoms with E-state index in [1.54, 1.807) is 31.2 Å². The lowest BCUT2D eigenvalue weighted by Crippen LogP contribution is -2.30. The van der Waals surface area contributed by atoms with Crippen molar-refractivity contribution in [1.82, 2.24) is 29.1 Å². The van der Waals surface area contributed by atoms with Gasteiger partial charge in [0.15, 0.2) is 17.2 Å². The van der Waals surface area contributed by atoms with Gasteiger partial charge in [-0.1, -0.05) is 48.0 Å². The molecule has 2 aromatic carbocycles. The Morgan fingerprint density at radius 2 is 1.85 bits per heavy atom. The molecule has 0 saturated heterocycles. The molecule has 0 aliphatic rings. The van der Waals surface area contributed by atoms with Crippen molar-refractivity contribution in [2.24, 2.45) is 5.73 Å². The van der Waals surface area contributed by atoms with Crippen LogP contribution in [0.25, 0.3) is 33.3 Å². The van der Waals surface area contributed by atoms with Gasteiger partial charge in [-0.05, 0) is 43.2 Å². The minimum absolute atomic E-state index is 0.0887. The number of nitrogens with zero attached hydrogens (tertiary/aromatic N) is 5. The number of benzene rings is 2. The second-order valence-electron chi connectivity index (χ2n) is 9.52. The number of anilines is 1. The highest BCUT2D eigenvalue weighted by Gasteiger charge is 2.24. The lowest BCUT2D eigenvalue weighted by Gasteiger charge is -2.15. The Morgan fingerprint density at radius 1 is 1.10 bits per heavy atom. The van der Waals surface area contributed by atoms with Gasteiger partial charge in [0.05, 0.1) is 22.5 Å². The summed E-state index contributed by atoms with van der Waals surface area (Å²) in [6.07, 6.45) is 3.95. The molecule has 1 atom stereocenters. The quantitative estimate of drug-likeness (QED) is 0.222. The van der Waals surface area contributed by atoms with Gasteiger partial charge in [0.25, 0.3) is 10.0 Å². The average molecular weight is 589 g/mol. The number of hydrogen-bond donors (Lipinski definition) is 3. The summed E-state index contributed by atoms with van der Waals surface area (Å²) in [7, 11) is -3.98. The SMILES string of the molecule is Cc1nn(S(=O)(=O)c2ccccc2)c2ncc(-c3cc(OC[C@@H](N)Cc4c[nH]c5ccccc45)c(N)nc3Cl)nc12. The molecule has 41 heavy (non-hydrogen) atoms. The Bertz CT molecular complexity index is 2010. The first kappa shape index (κ1) is 26.7. The summed E-state index contributed by atoms with van der Waals surface area (Å²) in [6.45, 7) is 1.84. The molecule has 6 aromatic rings. The Hall–Kier alpha value is -4.52. The van der Waals surface area contributed by atoms with Crippen LogP contribution in [-0.4, -0.2) is 50.2 Å². The van der Waals surface area contributed by atoms with E-state index in [9.17, 15) is 8.42 Å². The highest BCUT2D eigenvalue weighted by atomic mass is 35.5. The molecule has 0 radical (unpaired) electrons. The molecule has 13 heteroatoms. The molecule has 0 unspecified atom stereocenters. The Balaban J connectivity index is 1.27. The molecule has 0 bridgehead atoms. The number of aromatic nitrogens is 6. The zero-order chi connectivity index (χ0) is 28.7. The summed E-state index contributed by atoms with van der Waals surface area (Å²) >= 11 is 6.44. The lowest BCUT2D eigenvalue weighted by atomic mass is 10.1. The third kappa shape index (κ3) is 4.97. The van der Waals surface area contributed by atoms with Gasteiger partial charge < -0.3 is 21.2 Å². The lowest BCUT2D eigenvalue weighted by molar-refractivity contribution is 0.288. The van der Waals surface area contributed by atoms with Crippen LogP contribution in [0.5, 0.6) is 5.75 Å². The van der Waals surface area contributed by atoms with Crippen molar-refractivity contribution in [1.29, 1.82) is 0 Å². The zero-order valence-electron chi connectivity index (χ0n) is 21.8. The molecular formula is C28H25ClN8O3S. The van der Waals surface area contributed by atoms with Crippen LogP contribution in [0.15, 0.2) is 78.0 Å². The topological polar surface area (TPSA) is 168 Å². The van der Waals surface area contributed by atoms with Crippen molar-refractivity contribution in [3.05, 3.63) is 89.5 Å². The molecule has 0 amide bonds. The number of aromatic amines is 1. The first-order chi connectivity index (χ1) is 19.7. The molecule has 0 fully saturated rings. The van der Waals surface area contributed by atoms with Crippen LogP contribution in [-0.2, 0) is 16.4 Å². The van der Waals surface area contributed by atoms with Gasteiger partial charge in [-0.25, -0.2) is 15.0 Å². The summed E-state index contributed by atoms with van der Waals surface area (Å²) in [5.74, 6) is 0.393. The van der Waals surface area contributed by atoms with Gasteiger partial charge in [-0.15, -0.1) is 4.09 Å². The van der Waals surface area contributed by atoms with E-state index in [4.69, 9.17) is 27.8 Å². The number of ether oxygens (including phenoxy) is 1. The number of fused-ring (bicyclic) bond motifs is 2. The minimum Gasteiger partial charge on any atom is -0.488 e. The molecule has 208 valence electrons. The fourth-order valence-electron chi connectivity index (χ4n) is 4.61. The van der Waals surface area contributed by atoms with E-state index in [2.05, 4.69) is 25.0 Å². The summed E-state index contributed by atoms with van der Waals surface area (Å²) in [4.78, 5) is 16.6. The standard InChI is InChI=1S/C28H25ClN8O3S/c1-16-25-28(37(36-16)41(38,39)19-7-3-2-4-8-19)33-14-23(34-25)21-12-24(27(31)35-26(21)29)40-15-18(30)11-17-13-32-22-10-6-5-9-20(17)22/h2-10,12-14,18,32H,11,15,30H2,1H3,(H2,31,35)/t18-/m0/s1. The van der Waals surface area contributed by atoms with E-state index < -0.39 is 10.0 Å². The molecule has 11 nitrogen and oxygen atoms in total. The molecule has 0 aliphatic carbocycles. The van der Waals surface area contributed by atoms with E-state index in [0.29, 0.717) is 34.6 Å². The highest BCUT2D eigenvalue weighted by Crippen LogP contribution is 2.33. The van der Waals surface area contributed by atoms with Crippen molar-refractivity contribution in [2.75, 3.05) is 12.3 Å². The van der Waals surface area contributed by atoms with Crippen LogP contribution >= 0.6 is 11.6 Å². The van der Waals surface area contributed by atoms with Gasteiger partial charge >= 0.3 is 0 Å². The molecule has 5 N–H and O–H groups in total. The molecule has 4 heterocycles. The minimum atomic E-state index is -3.98. The largest absolute Gasteiger partial charge is 0.488 e. The number of nitrogens with two attached hydrogens (primary N) is 2. The zero-order valence-corrected chi connectivity index (χ0v) is 23.4. The van der Waals surface area contributed by atoms with E-state index in [-0.39, 0.29) is 34.2 Å². The summed E-state index contributed by atoms with van der Waals surface area (Å²) in [5.41, 5.74) is 16.2. The summed E-state index contributed by atoms with van der Waals surface area (Å²) in [6, 6.07) is 17.3. The Labute approximate surface area is 240 Å². The van der Waals surface area contributed by atoms with E-state index in [1.165, 1.54) is 18.3 Å². The number of nitrogen functional groups attached to an aromatic ring is 1. The maximum atomic E-state index is 13.2. The second-order valence-corrected chi connectivity index (χ2v) is 11.6. The maximum absolute atomic E-state index is 13.2. The molecule has 0 spiro atoms. The van der Waals surface area contributed by atoms with Crippen LogP contribution in [0.1, 0.15) is 11.3 Å². The number of rotatable bonds is 8. The van der Waals surface area contributed by atoms with E-state index >= 15 is 0 Å². The van der Waals surface area contributed by atoms with Crippen LogP contribution in [0.2, 0.25) is 5.15 Å². The summed E-state index contributed by atoms with van der Waals surface area (Å²) < 4.78 is 33.3. The number of aryl methyl sites for hydroxylation is 1. The number of pyridine rings is 1. The fourth-order valence-corrected chi connectivity index (χ4v) is 6.14. The molecule has 0 aliphatic heterocycles. The number of para-hydroxylation sites is 1. The molecule has 0 saturated carbocycles. The number of halogens is 1. The first-order valence-electron chi connectivity index (χ1n) is 12.6. The predicted octanol–water partition coefficient (Wildman–Crippen LogP) is 4.10. The summed E-state index contributed by atoms with van der Waals surface area (Å²) in [5, 5.41) is 5.42. The molecule has 6 rings (SSSR count). The monoisotopic (exact) mass is 588 g/mol. The van der Waals surface area contributed by atoms with Gasteiger partial charge in [0.1, 0.15) is 17.3 Å². The maximum Gasteiger partial charge on any atom is 0.285 e. The van der Waals surface area contributed by atoms with Crippen LogP contribution in [0, 0.1) is 6.92 Å². The van der Waals surface area contributed by atoms with Gasteiger partial charge in [-0.2, -0.15) is 13.5 Å². The smallest absolute Gasteiger partial charge is 0.285 e. The third-order valence-electron chi connectivity index (χ3n) is 6.64. The Kier molecular flexibility index (Phi) is 6.81. The van der Waals surface area contributed by atoms with Gasteiger partial charge in [-0.3, -0.25) is 0 Å². The second kappa shape index (κ2) is 10.5. The van der Waals surface area contributed by atoms with Crippen molar-refractivity contribution in [3.8, 4) is 17.0 Å². The normalized spacial score (nSPS) is 12.7. The molecular weight excluding hydrogens is 564 g/mol. The van der Waals surface area contributed by atoms with Crippen LogP contribution in [0.4, 0.5) is 5.82 Å². The van der Waals surface area contributed by atoms with Crippen molar-refractivity contribution < 1.29 is 13.2 Å².